The Balaban J connectivity index is 2.77. The summed E-state index contributed by atoms with van der Waals surface area (Å²) in [7, 11) is 0. The van der Waals surface area contributed by atoms with Gasteiger partial charge >= 0.3 is 5.97 Å². The minimum atomic E-state index is -2.84. The highest BCUT2D eigenvalue weighted by atomic mass is 19.3. The summed E-state index contributed by atoms with van der Waals surface area (Å²) in [4.78, 5) is 10.4. The van der Waals surface area contributed by atoms with E-state index in [2.05, 4.69) is 0 Å². The van der Waals surface area contributed by atoms with Crippen molar-refractivity contribution in [2.24, 2.45) is 5.92 Å². The summed E-state index contributed by atoms with van der Waals surface area (Å²) in [6, 6.07) is 5.87. The number of halogens is 2. The Morgan fingerprint density at radius 1 is 1.29 bits per heavy atom. The van der Waals surface area contributed by atoms with Crippen LogP contribution in [-0.4, -0.2) is 11.1 Å². The number of aliphatic carboxylic acids is 1. The van der Waals surface area contributed by atoms with Crippen molar-refractivity contribution in [2.75, 3.05) is 0 Å². The van der Waals surface area contributed by atoms with Crippen LogP contribution in [0, 0.1) is 5.92 Å². The molecule has 1 aromatic carbocycles. The number of aryl methyl sites for hydroxylation is 1. The van der Waals surface area contributed by atoms with Crippen LogP contribution >= 0.6 is 0 Å². The van der Waals surface area contributed by atoms with Crippen LogP contribution in [0.15, 0.2) is 24.3 Å². The normalized spacial score (nSPS) is 11.8. The molecule has 0 atom stereocenters. The van der Waals surface area contributed by atoms with Gasteiger partial charge in [0.15, 0.2) is 0 Å². The second kappa shape index (κ2) is 5.25. The highest BCUT2D eigenvalue weighted by Gasteiger charge is 2.35. The molecule has 0 aromatic heterocycles. The maximum Gasteiger partial charge on any atom is 0.303 e. The molecule has 0 radical (unpaired) electrons. The van der Waals surface area contributed by atoms with E-state index >= 15 is 0 Å². The Kier molecular flexibility index (Phi) is 4.21. The van der Waals surface area contributed by atoms with Crippen LogP contribution in [0.25, 0.3) is 0 Å². The summed E-state index contributed by atoms with van der Waals surface area (Å²) in [5.41, 5.74) is 0.738. The topological polar surface area (TPSA) is 37.3 Å². The SMILES string of the molecule is CC(C)C(F)(F)c1ccc(CCC(=O)O)cc1. The molecule has 0 aliphatic carbocycles. The van der Waals surface area contributed by atoms with E-state index in [1.54, 1.807) is 12.1 Å². The number of hydrogen-bond donors (Lipinski definition) is 1. The van der Waals surface area contributed by atoms with E-state index in [9.17, 15) is 13.6 Å². The molecule has 0 spiro atoms. The fourth-order valence-corrected chi connectivity index (χ4v) is 1.48. The van der Waals surface area contributed by atoms with Gasteiger partial charge < -0.3 is 5.11 Å². The summed E-state index contributed by atoms with van der Waals surface area (Å²) in [5.74, 6) is -4.49. The monoisotopic (exact) mass is 242 g/mol. The largest absolute Gasteiger partial charge is 0.481 e. The molecule has 0 saturated heterocycles. The van der Waals surface area contributed by atoms with Crippen molar-refractivity contribution in [1.29, 1.82) is 0 Å². The van der Waals surface area contributed by atoms with Crippen molar-refractivity contribution in [1.82, 2.24) is 0 Å². The molecule has 0 amide bonds. The fraction of sp³-hybridized carbons (Fsp3) is 0.462. The van der Waals surface area contributed by atoms with Crippen molar-refractivity contribution >= 4 is 5.97 Å². The maximum atomic E-state index is 13.6. The van der Waals surface area contributed by atoms with Crippen LogP contribution in [0.3, 0.4) is 0 Å². The second-order valence-corrected chi connectivity index (χ2v) is 4.37. The number of carbonyl (C=O) groups is 1. The minimum Gasteiger partial charge on any atom is -0.481 e. The molecule has 1 aromatic rings. The molecule has 0 aliphatic rings. The summed E-state index contributed by atoms with van der Waals surface area (Å²) in [6.45, 7) is 2.94. The molecule has 0 fully saturated rings. The van der Waals surface area contributed by atoms with Crippen LogP contribution < -0.4 is 0 Å². The number of rotatable bonds is 5. The molecule has 0 bridgehead atoms. The summed E-state index contributed by atoms with van der Waals surface area (Å²) in [5, 5.41) is 8.51. The second-order valence-electron chi connectivity index (χ2n) is 4.37. The molecule has 17 heavy (non-hydrogen) atoms. The van der Waals surface area contributed by atoms with Gasteiger partial charge in [-0.05, 0) is 12.0 Å². The lowest BCUT2D eigenvalue weighted by Gasteiger charge is -2.20. The van der Waals surface area contributed by atoms with E-state index in [4.69, 9.17) is 5.11 Å². The van der Waals surface area contributed by atoms with Gasteiger partial charge in [-0.25, -0.2) is 8.78 Å². The van der Waals surface area contributed by atoms with E-state index in [1.165, 1.54) is 26.0 Å². The lowest BCUT2D eigenvalue weighted by molar-refractivity contribution is -0.136. The first-order chi connectivity index (χ1) is 7.84. The molecule has 1 N–H and O–H groups in total. The molecular formula is C13H16F2O2. The van der Waals surface area contributed by atoms with Crippen molar-refractivity contribution in [3.8, 4) is 0 Å². The lowest BCUT2D eigenvalue weighted by atomic mass is 9.96. The minimum absolute atomic E-state index is 0.0138. The number of alkyl halides is 2. The zero-order valence-corrected chi connectivity index (χ0v) is 9.91. The number of benzene rings is 1. The zero-order valence-electron chi connectivity index (χ0n) is 9.91. The van der Waals surface area contributed by atoms with Crippen molar-refractivity contribution in [3.63, 3.8) is 0 Å². The number of carboxylic acids is 1. The van der Waals surface area contributed by atoms with Crippen LogP contribution in [0.2, 0.25) is 0 Å². The van der Waals surface area contributed by atoms with Crippen molar-refractivity contribution < 1.29 is 18.7 Å². The maximum absolute atomic E-state index is 13.6. The predicted molar refractivity (Wildman–Crippen MR) is 61.1 cm³/mol. The van der Waals surface area contributed by atoms with Gasteiger partial charge in [0.2, 0.25) is 0 Å². The van der Waals surface area contributed by atoms with Crippen molar-refractivity contribution in [2.45, 2.75) is 32.6 Å². The molecule has 0 unspecified atom stereocenters. The van der Waals surface area contributed by atoms with E-state index in [0.29, 0.717) is 6.42 Å². The Labute approximate surface area is 99.3 Å². The Hall–Kier alpha value is -1.45. The summed E-state index contributed by atoms with van der Waals surface area (Å²) < 4.78 is 27.3. The molecule has 4 heteroatoms. The predicted octanol–water partition coefficient (Wildman–Crippen LogP) is 3.45. The molecule has 2 nitrogen and oxygen atoms in total. The van der Waals surface area contributed by atoms with Crippen LogP contribution in [-0.2, 0) is 17.1 Å². The first kappa shape index (κ1) is 13.6. The Morgan fingerprint density at radius 3 is 2.24 bits per heavy atom. The van der Waals surface area contributed by atoms with E-state index in [1.807, 2.05) is 0 Å². The van der Waals surface area contributed by atoms with Gasteiger partial charge in [-0.2, -0.15) is 0 Å². The zero-order chi connectivity index (χ0) is 13.1. The molecule has 94 valence electrons. The third kappa shape index (κ3) is 3.51. The standard InChI is InChI=1S/C13H16F2O2/c1-9(2)13(14,15)11-6-3-10(4-7-11)5-8-12(16)17/h3-4,6-7,9H,5,8H2,1-2H3,(H,16,17). The van der Waals surface area contributed by atoms with Gasteiger partial charge in [-0.15, -0.1) is 0 Å². The average molecular weight is 242 g/mol. The Bertz CT molecular complexity index is 383. The van der Waals surface area contributed by atoms with E-state index in [-0.39, 0.29) is 12.0 Å². The lowest BCUT2D eigenvalue weighted by Crippen LogP contribution is -2.20. The third-order valence-corrected chi connectivity index (χ3v) is 2.69. The Morgan fingerprint density at radius 2 is 1.82 bits per heavy atom. The highest BCUT2D eigenvalue weighted by Crippen LogP contribution is 2.35. The first-order valence-electron chi connectivity index (χ1n) is 5.53. The summed E-state index contributed by atoms with van der Waals surface area (Å²) in [6.07, 6.45) is 0.378. The molecular weight excluding hydrogens is 226 g/mol. The quantitative estimate of drug-likeness (QED) is 0.858. The fourth-order valence-electron chi connectivity index (χ4n) is 1.48. The van der Waals surface area contributed by atoms with Crippen LogP contribution in [0.4, 0.5) is 8.78 Å². The van der Waals surface area contributed by atoms with Gasteiger partial charge in [0.05, 0.1) is 0 Å². The summed E-state index contributed by atoms with van der Waals surface area (Å²) >= 11 is 0. The van der Waals surface area contributed by atoms with Gasteiger partial charge in [0.25, 0.3) is 5.92 Å². The van der Waals surface area contributed by atoms with Gasteiger partial charge in [0, 0.05) is 17.9 Å². The average Bonchev–Trinajstić information content (AvgIpc) is 2.26. The van der Waals surface area contributed by atoms with Gasteiger partial charge in [-0.1, -0.05) is 38.1 Å². The van der Waals surface area contributed by atoms with E-state index in [0.717, 1.165) is 5.56 Å². The first-order valence-corrected chi connectivity index (χ1v) is 5.53. The molecule has 0 heterocycles. The smallest absolute Gasteiger partial charge is 0.303 e. The third-order valence-electron chi connectivity index (χ3n) is 2.69. The number of carboxylic acid groups (broad SMARTS) is 1. The van der Waals surface area contributed by atoms with Gasteiger partial charge in [-0.3, -0.25) is 4.79 Å². The van der Waals surface area contributed by atoms with Gasteiger partial charge in [0.1, 0.15) is 0 Å². The molecule has 0 aliphatic heterocycles. The molecule has 0 saturated carbocycles. The highest BCUT2D eigenvalue weighted by molar-refractivity contribution is 5.67. The van der Waals surface area contributed by atoms with Crippen LogP contribution in [0.5, 0.6) is 0 Å². The van der Waals surface area contributed by atoms with Crippen LogP contribution in [0.1, 0.15) is 31.4 Å². The van der Waals surface area contributed by atoms with E-state index < -0.39 is 17.8 Å². The molecule has 1 rings (SSSR count). The van der Waals surface area contributed by atoms with Crippen molar-refractivity contribution in [3.05, 3.63) is 35.4 Å². The number of hydrogen-bond acceptors (Lipinski definition) is 1.